The van der Waals surface area contributed by atoms with Gasteiger partial charge >= 0.3 is 0 Å². The predicted octanol–water partition coefficient (Wildman–Crippen LogP) is 3.02. The minimum absolute atomic E-state index is 0.123. The van der Waals surface area contributed by atoms with Crippen molar-refractivity contribution < 1.29 is 4.39 Å². The number of thiazole rings is 1. The van der Waals surface area contributed by atoms with E-state index < -0.39 is 5.82 Å². The summed E-state index contributed by atoms with van der Waals surface area (Å²) in [5, 5.41) is 3.61. The highest BCUT2D eigenvalue weighted by molar-refractivity contribution is 7.11. The van der Waals surface area contributed by atoms with Gasteiger partial charge in [0, 0.05) is 11.1 Å². The zero-order valence-electron chi connectivity index (χ0n) is 9.63. The lowest BCUT2D eigenvalue weighted by Gasteiger charge is -2.11. The van der Waals surface area contributed by atoms with Gasteiger partial charge < -0.3 is 16.8 Å². The first kappa shape index (κ1) is 12.9. The molecule has 0 aliphatic carbocycles. The molecule has 0 unspecified atom stereocenters. The second-order valence-electron chi connectivity index (χ2n) is 3.78. The molecule has 18 heavy (non-hydrogen) atoms. The molecule has 0 saturated heterocycles. The van der Waals surface area contributed by atoms with E-state index >= 15 is 0 Å². The molecule has 7 heteroatoms. The maximum absolute atomic E-state index is 13.9. The van der Waals surface area contributed by atoms with Crippen LogP contribution in [0, 0.1) is 12.7 Å². The van der Waals surface area contributed by atoms with Gasteiger partial charge in [0.2, 0.25) is 0 Å². The Bertz CT molecular complexity index is 585. The van der Waals surface area contributed by atoms with Crippen LogP contribution in [0.3, 0.4) is 0 Å². The van der Waals surface area contributed by atoms with Crippen LogP contribution in [0.25, 0.3) is 0 Å². The summed E-state index contributed by atoms with van der Waals surface area (Å²) < 4.78 is 13.9. The van der Waals surface area contributed by atoms with Crippen LogP contribution >= 0.6 is 22.9 Å². The first-order valence-electron chi connectivity index (χ1n) is 5.17. The Kier molecular flexibility index (Phi) is 3.58. The summed E-state index contributed by atoms with van der Waals surface area (Å²) in [4.78, 5) is 5.26. The van der Waals surface area contributed by atoms with Crippen molar-refractivity contribution in [1.82, 2.24) is 4.98 Å². The second kappa shape index (κ2) is 4.99. The maximum atomic E-state index is 13.9. The van der Waals surface area contributed by atoms with E-state index in [1.165, 1.54) is 17.4 Å². The molecular formula is C11H12ClFN4S. The fourth-order valence-electron chi connectivity index (χ4n) is 1.49. The average molecular weight is 287 g/mol. The van der Waals surface area contributed by atoms with E-state index in [4.69, 9.17) is 23.1 Å². The Morgan fingerprint density at radius 2 is 2.17 bits per heavy atom. The van der Waals surface area contributed by atoms with Crippen molar-refractivity contribution >= 4 is 40.0 Å². The zero-order chi connectivity index (χ0) is 13.3. The lowest BCUT2D eigenvalue weighted by atomic mass is 10.2. The van der Waals surface area contributed by atoms with Crippen molar-refractivity contribution in [2.45, 2.75) is 13.5 Å². The average Bonchev–Trinajstić information content (AvgIpc) is 2.72. The zero-order valence-corrected chi connectivity index (χ0v) is 11.2. The van der Waals surface area contributed by atoms with Gasteiger partial charge in [0.1, 0.15) is 10.0 Å². The van der Waals surface area contributed by atoms with Gasteiger partial charge in [-0.25, -0.2) is 9.37 Å². The van der Waals surface area contributed by atoms with Crippen LogP contribution in [0.4, 0.5) is 21.5 Å². The number of hydrogen-bond donors (Lipinski definition) is 3. The monoisotopic (exact) mass is 286 g/mol. The lowest BCUT2D eigenvalue weighted by molar-refractivity contribution is 0.632. The quantitative estimate of drug-likeness (QED) is 0.758. The topological polar surface area (TPSA) is 77.0 Å². The van der Waals surface area contributed by atoms with E-state index in [0.717, 1.165) is 9.88 Å². The number of nitrogen functional groups attached to an aromatic ring is 2. The number of nitrogens with one attached hydrogen (secondary N) is 1. The van der Waals surface area contributed by atoms with E-state index in [-0.39, 0.29) is 22.1 Å². The molecule has 0 aliphatic rings. The Morgan fingerprint density at radius 3 is 2.78 bits per heavy atom. The molecule has 5 N–H and O–H groups in total. The third-order valence-electron chi connectivity index (χ3n) is 2.35. The predicted molar refractivity (Wildman–Crippen MR) is 74.4 cm³/mol. The van der Waals surface area contributed by atoms with Crippen molar-refractivity contribution in [3.05, 3.63) is 33.0 Å². The van der Waals surface area contributed by atoms with Gasteiger partial charge in [-0.15, -0.1) is 11.3 Å². The molecule has 1 aromatic carbocycles. The summed E-state index contributed by atoms with van der Waals surface area (Å²) in [6.07, 6.45) is 1.76. The van der Waals surface area contributed by atoms with E-state index in [9.17, 15) is 4.39 Å². The molecule has 0 radical (unpaired) electrons. The van der Waals surface area contributed by atoms with E-state index in [2.05, 4.69) is 10.3 Å². The number of aryl methyl sites for hydroxylation is 1. The van der Waals surface area contributed by atoms with Crippen molar-refractivity contribution in [3.63, 3.8) is 0 Å². The third-order valence-corrected chi connectivity index (χ3v) is 3.65. The fraction of sp³-hybridized carbons (Fsp3) is 0.182. The van der Waals surface area contributed by atoms with Crippen LogP contribution in [-0.2, 0) is 6.54 Å². The van der Waals surface area contributed by atoms with Gasteiger partial charge in [-0.05, 0) is 13.0 Å². The van der Waals surface area contributed by atoms with Gasteiger partial charge in [0.05, 0.1) is 23.6 Å². The number of anilines is 3. The first-order valence-corrected chi connectivity index (χ1v) is 6.36. The van der Waals surface area contributed by atoms with Crippen LogP contribution in [0.2, 0.25) is 5.02 Å². The lowest BCUT2D eigenvalue weighted by Crippen LogP contribution is -2.06. The molecule has 0 bridgehead atoms. The molecule has 0 fully saturated rings. The number of nitrogens with two attached hydrogens (primary N) is 2. The van der Waals surface area contributed by atoms with E-state index in [1.54, 1.807) is 6.20 Å². The molecule has 1 heterocycles. The number of benzene rings is 1. The van der Waals surface area contributed by atoms with Gasteiger partial charge in [-0.1, -0.05) is 11.6 Å². The SMILES string of the molecule is Cc1cnc(CNc2c(N)cc(N)c(Cl)c2F)s1. The summed E-state index contributed by atoms with van der Waals surface area (Å²) >= 11 is 7.26. The molecule has 96 valence electrons. The largest absolute Gasteiger partial charge is 0.397 e. The molecule has 0 spiro atoms. The fourth-order valence-corrected chi connectivity index (χ4v) is 2.37. The molecule has 1 aromatic heterocycles. The minimum atomic E-state index is -0.637. The highest BCUT2D eigenvalue weighted by Gasteiger charge is 2.14. The standard InChI is InChI=1S/C11H12ClFN4S/c1-5-3-16-8(18-5)4-17-11-7(15)2-6(14)9(12)10(11)13/h2-3,17H,4,14-15H2,1H3. The van der Waals surface area contributed by atoms with Gasteiger partial charge in [-0.2, -0.15) is 0 Å². The van der Waals surface area contributed by atoms with Crippen molar-refractivity contribution in [1.29, 1.82) is 0 Å². The number of hydrogen-bond acceptors (Lipinski definition) is 5. The van der Waals surface area contributed by atoms with Gasteiger partial charge in [0.25, 0.3) is 0 Å². The third kappa shape index (κ3) is 2.49. The Balaban J connectivity index is 2.22. The van der Waals surface area contributed by atoms with E-state index in [1.807, 2.05) is 6.92 Å². The highest BCUT2D eigenvalue weighted by atomic mass is 35.5. The number of nitrogens with zero attached hydrogens (tertiary/aromatic N) is 1. The summed E-state index contributed by atoms with van der Waals surface area (Å²) in [5.41, 5.74) is 11.7. The highest BCUT2D eigenvalue weighted by Crippen LogP contribution is 2.34. The molecule has 0 saturated carbocycles. The molecule has 0 aliphatic heterocycles. The molecule has 0 amide bonds. The Labute approximate surface area is 113 Å². The van der Waals surface area contributed by atoms with Crippen molar-refractivity contribution in [2.24, 2.45) is 0 Å². The number of aromatic nitrogens is 1. The number of rotatable bonds is 3. The summed E-state index contributed by atoms with van der Waals surface area (Å²) in [7, 11) is 0. The van der Waals surface area contributed by atoms with Crippen molar-refractivity contribution in [2.75, 3.05) is 16.8 Å². The van der Waals surface area contributed by atoms with Crippen LogP contribution in [0.1, 0.15) is 9.88 Å². The van der Waals surface area contributed by atoms with E-state index in [0.29, 0.717) is 6.54 Å². The smallest absolute Gasteiger partial charge is 0.169 e. The second-order valence-corrected chi connectivity index (χ2v) is 5.47. The summed E-state index contributed by atoms with van der Waals surface area (Å²) in [6.45, 7) is 2.34. The van der Waals surface area contributed by atoms with Crippen LogP contribution < -0.4 is 16.8 Å². The van der Waals surface area contributed by atoms with Gasteiger partial charge in [0.15, 0.2) is 5.82 Å². The van der Waals surface area contributed by atoms with Crippen molar-refractivity contribution in [3.8, 4) is 0 Å². The minimum Gasteiger partial charge on any atom is -0.397 e. The Hall–Kier alpha value is -1.53. The molecule has 2 aromatic rings. The summed E-state index contributed by atoms with van der Waals surface area (Å²) in [6, 6.07) is 1.43. The first-order chi connectivity index (χ1) is 8.49. The molecule has 0 atom stereocenters. The summed E-state index contributed by atoms with van der Waals surface area (Å²) in [5.74, 6) is -0.637. The molecular weight excluding hydrogens is 275 g/mol. The van der Waals surface area contributed by atoms with Gasteiger partial charge in [-0.3, -0.25) is 0 Å². The normalized spacial score (nSPS) is 10.6. The number of halogens is 2. The van der Waals surface area contributed by atoms with Crippen LogP contribution in [-0.4, -0.2) is 4.98 Å². The molecule has 2 rings (SSSR count). The maximum Gasteiger partial charge on any atom is 0.169 e. The Morgan fingerprint density at radius 1 is 1.44 bits per heavy atom. The van der Waals surface area contributed by atoms with Crippen LogP contribution in [0.5, 0.6) is 0 Å². The molecule has 4 nitrogen and oxygen atoms in total. The van der Waals surface area contributed by atoms with Crippen LogP contribution in [0.15, 0.2) is 12.3 Å².